The first-order valence-electron chi connectivity index (χ1n) is 6.93. The van der Waals surface area contributed by atoms with Gasteiger partial charge >= 0.3 is 0 Å². The quantitative estimate of drug-likeness (QED) is 0.745. The fourth-order valence-corrected chi connectivity index (χ4v) is 2.51. The molecular weight excluding hydrogens is 260 g/mol. The van der Waals surface area contributed by atoms with Crippen LogP contribution in [0.1, 0.15) is 11.4 Å². The maximum atomic E-state index is 8.97. The van der Waals surface area contributed by atoms with E-state index in [9.17, 15) is 0 Å². The SMILES string of the molecule is N#CCc1nc2ccccc2n1CCc1ccc(N)cc1. The average molecular weight is 276 g/mol. The molecule has 3 aromatic rings. The molecule has 0 radical (unpaired) electrons. The zero-order valence-corrected chi connectivity index (χ0v) is 11.7. The third-order valence-corrected chi connectivity index (χ3v) is 3.57. The highest BCUT2D eigenvalue weighted by molar-refractivity contribution is 5.76. The minimum Gasteiger partial charge on any atom is -0.399 e. The van der Waals surface area contributed by atoms with Gasteiger partial charge in [-0.25, -0.2) is 4.98 Å². The molecule has 2 N–H and O–H groups in total. The van der Waals surface area contributed by atoms with Gasteiger partial charge in [0.2, 0.25) is 0 Å². The molecule has 104 valence electrons. The van der Waals surface area contributed by atoms with E-state index in [-0.39, 0.29) is 0 Å². The number of benzene rings is 2. The number of imidazole rings is 1. The zero-order chi connectivity index (χ0) is 14.7. The number of nitrogens with zero attached hydrogens (tertiary/aromatic N) is 3. The fraction of sp³-hybridized carbons (Fsp3) is 0.176. The molecule has 1 heterocycles. The van der Waals surface area contributed by atoms with Gasteiger partial charge in [-0.05, 0) is 36.2 Å². The van der Waals surface area contributed by atoms with Crippen LogP contribution in [0.15, 0.2) is 48.5 Å². The molecule has 0 aliphatic carbocycles. The van der Waals surface area contributed by atoms with E-state index in [2.05, 4.69) is 15.6 Å². The Bertz CT molecular complexity index is 794. The van der Waals surface area contributed by atoms with Crippen molar-refractivity contribution in [3.8, 4) is 6.07 Å². The first-order chi connectivity index (χ1) is 10.3. The molecule has 0 aliphatic heterocycles. The number of hydrogen-bond acceptors (Lipinski definition) is 3. The monoisotopic (exact) mass is 276 g/mol. The van der Waals surface area contributed by atoms with Gasteiger partial charge in [-0.1, -0.05) is 24.3 Å². The van der Waals surface area contributed by atoms with Crippen molar-refractivity contribution in [2.45, 2.75) is 19.4 Å². The molecule has 0 amide bonds. The molecule has 3 rings (SSSR count). The summed E-state index contributed by atoms with van der Waals surface area (Å²) in [6.07, 6.45) is 1.22. The third kappa shape index (κ3) is 2.72. The lowest BCUT2D eigenvalue weighted by molar-refractivity contribution is 0.683. The van der Waals surface area contributed by atoms with E-state index in [1.807, 2.05) is 48.5 Å². The second kappa shape index (κ2) is 5.68. The topological polar surface area (TPSA) is 67.6 Å². The molecule has 21 heavy (non-hydrogen) atoms. The summed E-state index contributed by atoms with van der Waals surface area (Å²) in [6.45, 7) is 0.807. The van der Waals surface area contributed by atoms with Crippen LogP contribution < -0.4 is 5.73 Å². The molecule has 4 heteroatoms. The second-order valence-electron chi connectivity index (χ2n) is 4.99. The summed E-state index contributed by atoms with van der Waals surface area (Å²) in [6, 6.07) is 18.1. The summed E-state index contributed by atoms with van der Waals surface area (Å²) in [5.41, 5.74) is 9.73. The Labute approximate surface area is 123 Å². The van der Waals surface area contributed by atoms with Gasteiger partial charge in [0, 0.05) is 12.2 Å². The number of nitrogens with two attached hydrogens (primary N) is 1. The number of anilines is 1. The standard InChI is InChI=1S/C17H16N4/c18-11-9-17-20-15-3-1-2-4-16(15)21(17)12-10-13-5-7-14(19)8-6-13/h1-8H,9-10,12,19H2. The maximum Gasteiger partial charge on any atom is 0.124 e. The molecule has 4 nitrogen and oxygen atoms in total. The first kappa shape index (κ1) is 13.2. The number of hydrogen-bond donors (Lipinski definition) is 1. The van der Waals surface area contributed by atoms with Crippen LogP contribution in [0.25, 0.3) is 11.0 Å². The van der Waals surface area contributed by atoms with Gasteiger partial charge in [0.1, 0.15) is 5.82 Å². The van der Waals surface area contributed by atoms with Crippen LogP contribution in [0.4, 0.5) is 5.69 Å². The second-order valence-corrected chi connectivity index (χ2v) is 4.99. The molecule has 1 aromatic heterocycles. The lowest BCUT2D eigenvalue weighted by atomic mass is 10.1. The van der Waals surface area contributed by atoms with E-state index in [1.165, 1.54) is 5.56 Å². The van der Waals surface area contributed by atoms with Crippen LogP contribution in [0.5, 0.6) is 0 Å². The summed E-state index contributed by atoms with van der Waals surface area (Å²) in [7, 11) is 0. The van der Waals surface area contributed by atoms with E-state index in [0.29, 0.717) is 6.42 Å². The van der Waals surface area contributed by atoms with Gasteiger partial charge in [-0.15, -0.1) is 0 Å². The minimum atomic E-state index is 0.330. The largest absolute Gasteiger partial charge is 0.399 e. The van der Waals surface area contributed by atoms with E-state index >= 15 is 0 Å². The number of aryl methyl sites for hydroxylation is 2. The van der Waals surface area contributed by atoms with E-state index < -0.39 is 0 Å². The van der Waals surface area contributed by atoms with Crippen LogP contribution in [-0.4, -0.2) is 9.55 Å². The van der Waals surface area contributed by atoms with Crippen molar-refractivity contribution in [3.05, 3.63) is 59.9 Å². The molecule has 0 saturated carbocycles. The van der Waals surface area contributed by atoms with Crippen LogP contribution in [0.3, 0.4) is 0 Å². The van der Waals surface area contributed by atoms with Crippen LogP contribution >= 0.6 is 0 Å². The van der Waals surface area contributed by atoms with Crippen molar-refractivity contribution >= 4 is 16.7 Å². The number of aromatic nitrogens is 2. The molecular formula is C17H16N4. The van der Waals surface area contributed by atoms with Gasteiger partial charge in [0.25, 0.3) is 0 Å². The molecule has 2 aromatic carbocycles. The average Bonchev–Trinajstić information content (AvgIpc) is 2.85. The van der Waals surface area contributed by atoms with Crippen molar-refractivity contribution in [1.82, 2.24) is 9.55 Å². The van der Waals surface area contributed by atoms with Gasteiger partial charge in [0.05, 0.1) is 23.5 Å². The van der Waals surface area contributed by atoms with Crippen molar-refractivity contribution < 1.29 is 0 Å². The van der Waals surface area contributed by atoms with E-state index in [1.54, 1.807) is 0 Å². The van der Waals surface area contributed by atoms with Crippen LogP contribution in [-0.2, 0) is 19.4 Å². The molecule has 0 spiro atoms. The number of rotatable bonds is 4. The highest BCUT2D eigenvalue weighted by atomic mass is 15.1. The van der Waals surface area contributed by atoms with Crippen molar-refractivity contribution in [2.75, 3.05) is 5.73 Å². The van der Waals surface area contributed by atoms with Crippen molar-refractivity contribution in [3.63, 3.8) is 0 Å². The van der Waals surface area contributed by atoms with Crippen molar-refractivity contribution in [1.29, 1.82) is 5.26 Å². The molecule has 0 bridgehead atoms. The number of fused-ring (bicyclic) bond motifs is 1. The van der Waals surface area contributed by atoms with E-state index in [0.717, 1.165) is 35.5 Å². The summed E-state index contributed by atoms with van der Waals surface area (Å²) < 4.78 is 2.13. The normalized spacial score (nSPS) is 10.6. The minimum absolute atomic E-state index is 0.330. The summed E-state index contributed by atoms with van der Waals surface area (Å²) in [5, 5.41) is 8.97. The lowest BCUT2D eigenvalue weighted by Gasteiger charge is -2.08. The predicted octanol–water partition coefficient (Wildman–Crippen LogP) is 2.93. The predicted molar refractivity (Wildman–Crippen MR) is 83.6 cm³/mol. The van der Waals surface area contributed by atoms with Gasteiger partial charge in [-0.2, -0.15) is 5.26 Å². The number of para-hydroxylation sites is 2. The number of nitriles is 1. The molecule has 0 fully saturated rings. The Morgan fingerprint density at radius 3 is 2.62 bits per heavy atom. The Balaban J connectivity index is 1.90. The third-order valence-electron chi connectivity index (χ3n) is 3.57. The van der Waals surface area contributed by atoms with Gasteiger partial charge in [0.15, 0.2) is 0 Å². The Hall–Kier alpha value is -2.80. The number of nitrogen functional groups attached to an aromatic ring is 1. The van der Waals surface area contributed by atoms with Crippen LogP contribution in [0, 0.1) is 11.3 Å². The Morgan fingerprint density at radius 1 is 1.10 bits per heavy atom. The maximum absolute atomic E-state index is 8.97. The fourth-order valence-electron chi connectivity index (χ4n) is 2.51. The Kier molecular flexibility index (Phi) is 3.57. The summed E-state index contributed by atoms with van der Waals surface area (Å²) in [4.78, 5) is 4.55. The van der Waals surface area contributed by atoms with Crippen LogP contribution in [0.2, 0.25) is 0 Å². The molecule has 0 atom stereocenters. The van der Waals surface area contributed by atoms with Crippen molar-refractivity contribution in [2.24, 2.45) is 0 Å². The molecule has 0 unspecified atom stereocenters. The first-order valence-corrected chi connectivity index (χ1v) is 6.93. The van der Waals surface area contributed by atoms with Gasteiger partial charge < -0.3 is 10.3 Å². The van der Waals surface area contributed by atoms with Gasteiger partial charge in [-0.3, -0.25) is 0 Å². The smallest absolute Gasteiger partial charge is 0.124 e. The lowest BCUT2D eigenvalue weighted by Crippen LogP contribution is -2.06. The molecule has 0 saturated heterocycles. The Morgan fingerprint density at radius 2 is 1.86 bits per heavy atom. The zero-order valence-electron chi connectivity index (χ0n) is 11.7. The van der Waals surface area contributed by atoms with E-state index in [4.69, 9.17) is 11.0 Å². The highest BCUT2D eigenvalue weighted by Gasteiger charge is 2.09. The summed E-state index contributed by atoms with van der Waals surface area (Å²) >= 11 is 0. The summed E-state index contributed by atoms with van der Waals surface area (Å²) in [5.74, 6) is 0.828. The molecule has 0 aliphatic rings. The highest BCUT2D eigenvalue weighted by Crippen LogP contribution is 2.17.